The quantitative estimate of drug-likeness (QED) is 0.591. The summed E-state index contributed by atoms with van der Waals surface area (Å²) in [5.41, 5.74) is 1.22. The minimum atomic E-state index is -0.365. The van der Waals surface area contributed by atoms with Gasteiger partial charge in [0, 0.05) is 37.0 Å². The van der Waals surface area contributed by atoms with Crippen molar-refractivity contribution in [1.29, 1.82) is 0 Å². The number of hydrogen-bond donors (Lipinski definition) is 0. The van der Waals surface area contributed by atoms with E-state index in [-0.39, 0.29) is 10.6 Å². The third-order valence-electron chi connectivity index (χ3n) is 3.32. The van der Waals surface area contributed by atoms with Gasteiger partial charge >= 0.3 is 0 Å². The molecular formula is C12H17N3O2. The second-order valence-corrected chi connectivity index (χ2v) is 4.63. The van der Waals surface area contributed by atoms with Crippen molar-refractivity contribution in [2.75, 3.05) is 32.1 Å². The summed E-state index contributed by atoms with van der Waals surface area (Å²) in [6.07, 6.45) is 1.14. The smallest absolute Gasteiger partial charge is 0.269 e. The Morgan fingerprint density at radius 3 is 2.47 bits per heavy atom. The first-order valence-electron chi connectivity index (χ1n) is 5.74. The maximum atomic E-state index is 10.6. The van der Waals surface area contributed by atoms with Gasteiger partial charge in [0.15, 0.2) is 0 Å². The number of benzene rings is 1. The van der Waals surface area contributed by atoms with E-state index in [4.69, 9.17) is 0 Å². The molecule has 17 heavy (non-hydrogen) atoms. The predicted octanol–water partition coefficient (Wildman–Crippen LogP) is 1.74. The van der Waals surface area contributed by atoms with Gasteiger partial charge < -0.3 is 9.80 Å². The van der Waals surface area contributed by atoms with Crippen LogP contribution in [0.25, 0.3) is 0 Å². The minimum Gasteiger partial charge on any atom is -0.370 e. The standard InChI is InChI=1S/C12H17N3O2/c1-13(2)12-7-8-14(9-12)10-3-5-11(6-4-10)15(16)17/h3-6,12H,7-9H2,1-2H3/t12-/m1/s1. The van der Waals surface area contributed by atoms with E-state index in [9.17, 15) is 10.1 Å². The van der Waals surface area contributed by atoms with Crippen molar-refractivity contribution < 1.29 is 4.92 Å². The highest BCUT2D eigenvalue weighted by atomic mass is 16.6. The van der Waals surface area contributed by atoms with Crippen LogP contribution < -0.4 is 4.90 Å². The number of nitro groups is 1. The van der Waals surface area contributed by atoms with Crippen molar-refractivity contribution in [2.45, 2.75) is 12.5 Å². The highest BCUT2D eigenvalue weighted by molar-refractivity contribution is 5.51. The Bertz CT molecular complexity index is 403. The molecule has 0 amide bonds. The van der Waals surface area contributed by atoms with E-state index < -0.39 is 0 Å². The molecule has 1 fully saturated rings. The topological polar surface area (TPSA) is 49.6 Å². The minimum absolute atomic E-state index is 0.150. The molecule has 92 valence electrons. The molecule has 0 aromatic heterocycles. The van der Waals surface area contributed by atoms with Gasteiger partial charge in [0.05, 0.1) is 4.92 Å². The Hall–Kier alpha value is -1.62. The first-order valence-corrected chi connectivity index (χ1v) is 5.74. The molecule has 0 spiro atoms. The number of likely N-dealkylation sites (N-methyl/N-ethyl adjacent to an activating group) is 1. The zero-order valence-electron chi connectivity index (χ0n) is 10.2. The molecule has 1 saturated heterocycles. The SMILES string of the molecule is CN(C)[C@@H]1CCN(c2ccc([N+](=O)[O-])cc2)C1. The third-order valence-corrected chi connectivity index (χ3v) is 3.32. The van der Waals surface area contributed by atoms with Gasteiger partial charge in [-0.1, -0.05) is 0 Å². The summed E-state index contributed by atoms with van der Waals surface area (Å²) in [4.78, 5) is 14.7. The molecule has 5 nitrogen and oxygen atoms in total. The predicted molar refractivity (Wildman–Crippen MR) is 67.4 cm³/mol. The molecule has 1 aromatic rings. The van der Waals surface area contributed by atoms with Crippen molar-refractivity contribution in [3.8, 4) is 0 Å². The summed E-state index contributed by atoms with van der Waals surface area (Å²) in [5, 5.41) is 10.6. The summed E-state index contributed by atoms with van der Waals surface area (Å²) in [5.74, 6) is 0. The van der Waals surface area contributed by atoms with Crippen LogP contribution in [-0.4, -0.2) is 43.0 Å². The molecule has 2 rings (SSSR count). The lowest BCUT2D eigenvalue weighted by atomic mass is 10.2. The van der Waals surface area contributed by atoms with E-state index in [1.54, 1.807) is 12.1 Å². The van der Waals surface area contributed by atoms with Crippen LogP contribution in [0.1, 0.15) is 6.42 Å². The molecule has 1 aromatic carbocycles. The first-order chi connectivity index (χ1) is 8.08. The number of anilines is 1. The summed E-state index contributed by atoms with van der Waals surface area (Å²) in [6, 6.07) is 7.37. The molecule has 5 heteroatoms. The number of nitro benzene ring substituents is 1. The van der Waals surface area contributed by atoms with E-state index in [1.807, 2.05) is 12.1 Å². The van der Waals surface area contributed by atoms with Gasteiger partial charge in [0.1, 0.15) is 0 Å². The van der Waals surface area contributed by atoms with Gasteiger partial charge in [-0.25, -0.2) is 0 Å². The van der Waals surface area contributed by atoms with Gasteiger partial charge in [-0.2, -0.15) is 0 Å². The maximum absolute atomic E-state index is 10.6. The van der Waals surface area contributed by atoms with E-state index in [2.05, 4.69) is 23.9 Å². The van der Waals surface area contributed by atoms with Crippen LogP contribution in [0, 0.1) is 10.1 Å². The lowest BCUT2D eigenvalue weighted by Gasteiger charge is -2.21. The van der Waals surface area contributed by atoms with Crippen molar-refractivity contribution in [2.24, 2.45) is 0 Å². The van der Waals surface area contributed by atoms with E-state index in [1.165, 1.54) is 0 Å². The monoisotopic (exact) mass is 235 g/mol. The zero-order valence-corrected chi connectivity index (χ0v) is 10.2. The van der Waals surface area contributed by atoms with Crippen molar-refractivity contribution >= 4 is 11.4 Å². The molecule has 1 heterocycles. The second kappa shape index (κ2) is 4.71. The molecule has 0 radical (unpaired) electrons. The van der Waals surface area contributed by atoms with Crippen LogP contribution in [0.2, 0.25) is 0 Å². The van der Waals surface area contributed by atoms with Crippen molar-refractivity contribution in [1.82, 2.24) is 4.90 Å². The Balaban J connectivity index is 2.06. The van der Waals surface area contributed by atoms with Crippen molar-refractivity contribution in [3.63, 3.8) is 0 Å². The highest BCUT2D eigenvalue weighted by Gasteiger charge is 2.24. The lowest BCUT2D eigenvalue weighted by Crippen LogP contribution is -2.31. The highest BCUT2D eigenvalue weighted by Crippen LogP contribution is 2.24. The van der Waals surface area contributed by atoms with Crippen LogP contribution in [0.4, 0.5) is 11.4 Å². The summed E-state index contributed by atoms with van der Waals surface area (Å²) in [6.45, 7) is 2.01. The first kappa shape index (κ1) is 11.9. The number of hydrogen-bond acceptors (Lipinski definition) is 4. The van der Waals surface area contributed by atoms with Gasteiger partial charge in [-0.05, 0) is 32.6 Å². The molecule has 0 unspecified atom stereocenters. The van der Waals surface area contributed by atoms with Crippen LogP contribution in [0.5, 0.6) is 0 Å². The molecule has 1 atom stereocenters. The fourth-order valence-electron chi connectivity index (χ4n) is 2.18. The van der Waals surface area contributed by atoms with Crippen LogP contribution in [-0.2, 0) is 0 Å². The maximum Gasteiger partial charge on any atom is 0.269 e. The Labute approximate surface area is 101 Å². The number of non-ortho nitro benzene ring substituents is 1. The second-order valence-electron chi connectivity index (χ2n) is 4.63. The zero-order chi connectivity index (χ0) is 12.4. The van der Waals surface area contributed by atoms with E-state index >= 15 is 0 Å². The Morgan fingerprint density at radius 1 is 1.35 bits per heavy atom. The average Bonchev–Trinajstić information content (AvgIpc) is 2.78. The normalized spacial score (nSPS) is 19.9. The fourth-order valence-corrected chi connectivity index (χ4v) is 2.18. The number of rotatable bonds is 3. The summed E-state index contributed by atoms with van der Waals surface area (Å²) >= 11 is 0. The van der Waals surface area contributed by atoms with E-state index in [0.717, 1.165) is 25.2 Å². The van der Waals surface area contributed by atoms with Crippen LogP contribution >= 0.6 is 0 Å². The molecule has 0 bridgehead atoms. The third kappa shape index (κ3) is 2.55. The van der Waals surface area contributed by atoms with Gasteiger partial charge in [0.25, 0.3) is 5.69 Å². The summed E-state index contributed by atoms with van der Waals surface area (Å²) in [7, 11) is 4.17. The van der Waals surface area contributed by atoms with Crippen LogP contribution in [0.3, 0.4) is 0 Å². The van der Waals surface area contributed by atoms with Gasteiger partial charge in [-0.15, -0.1) is 0 Å². The largest absolute Gasteiger partial charge is 0.370 e. The fraction of sp³-hybridized carbons (Fsp3) is 0.500. The van der Waals surface area contributed by atoms with E-state index in [0.29, 0.717) is 6.04 Å². The Morgan fingerprint density at radius 2 is 2.00 bits per heavy atom. The van der Waals surface area contributed by atoms with Gasteiger partial charge in [0.2, 0.25) is 0 Å². The Kier molecular flexibility index (Phi) is 3.28. The molecular weight excluding hydrogens is 218 g/mol. The molecule has 0 aliphatic carbocycles. The number of nitrogens with zero attached hydrogens (tertiary/aromatic N) is 3. The molecule has 0 saturated carbocycles. The average molecular weight is 235 g/mol. The summed E-state index contributed by atoms with van der Waals surface area (Å²) < 4.78 is 0. The molecule has 1 aliphatic rings. The van der Waals surface area contributed by atoms with Crippen LogP contribution in [0.15, 0.2) is 24.3 Å². The molecule has 0 N–H and O–H groups in total. The molecule has 1 aliphatic heterocycles. The van der Waals surface area contributed by atoms with Gasteiger partial charge in [-0.3, -0.25) is 10.1 Å². The lowest BCUT2D eigenvalue weighted by molar-refractivity contribution is -0.384. The van der Waals surface area contributed by atoms with Crippen molar-refractivity contribution in [3.05, 3.63) is 34.4 Å².